The van der Waals surface area contributed by atoms with Crippen LogP contribution in [0.15, 0.2) is 0 Å². The molecule has 0 radical (unpaired) electrons. The van der Waals surface area contributed by atoms with E-state index in [4.69, 9.17) is 35.4 Å². The average Bonchev–Trinajstić information content (AvgIpc) is 2.83. The van der Waals surface area contributed by atoms with E-state index in [1.54, 1.807) is 6.92 Å². The molecule has 0 aliphatic carbocycles. The van der Waals surface area contributed by atoms with Crippen molar-refractivity contribution in [2.75, 3.05) is 78.2 Å². The van der Waals surface area contributed by atoms with Crippen molar-refractivity contribution in [2.24, 2.45) is 16.2 Å². The smallest absolute Gasteiger partial charge is 0.396 e. The molecule has 14 heteroatoms. The molecule has 1 aliphatic heterocycles. The summed E-state index contributed by atoms with van der Waals surface area (Å²) in [6.07, 6.45) is 0. The van der Waals surface area contributed by atoms with Gasteiger partial charge in [0, 0.05) is 16.2 Å². The lowest BCUT2D eigenvalue weighted by Gasteiger charge is -2.35. The van der Waals surface area contributed by atoms with Crippen molar-refractivity contribution in [3.63, 3.8) is 0 Å². The SMILES string of the molecule is C.C.CC(CO)(CO)CO.CC(CO)(CO)CS(=O)(=O)C(F)(F)F.CC1(CO)COC1.CCN(CC)CC. The van der Waals surface area contributed by atoms with Gasteiger partial charge < -0.3 is 40.3 Å². The van der Waals surface area contributed by atoms with E-state index in [1.165, 1.54) is 19.6 Å². The summed E-state index contributed by atoms with van der Waals surface area (Å²) in [4.78, 5) is 2.38. The molecule has 238 valence electrons. The number of sulfone groups is 1. The van der Waals surface area contributed by atoms with E-state index in [0.717, 1.165) is 20.1 Å². The standard InChI is InChI=1S/C6H11F3O4S.C6H15N.C5H12O3.C5H10O2.2CH4/c1-5(2-10,3-11)4-14(12,13)6(7,8)9;1-4-7(5-2)6-3;1-5(2-6,3-7)4-8;1-5(2-6)3-7-4-5;;/h10-11H,2-4H2,1H3;4-6H2,1-3H3;6-8H,2-4H2,1H3;6H,2-4H2,1H3;2*1H4. The van der Waals surface area contributed by atoms with Crippen molar-refractivity contribution >= 4 is 9.84 Å². The van der Waals surface area contributed by atoms with Crippen LogP contribution >= 0.6 is 0 Å². The van der Waals surface area contributed by atoms with Gasteiger partial charge in [0.1, 0.15) is 0 Å². The lowest BCUT2D eigenvalue weighted by molar-refractivity contribution is -0.125. The summed E-state index contributed by atoms with van der Waals surface area (Å²) in [6.45, 7) is 14.3. The summed E-state index contributed by atoms with van der Waals surface area (Å²) in [5.74, 6) is -1.32. The molecular weight excluding hydrogens is 535 g/mol. The molecule has 1 rings (SSSR count). The molecule has 0 aromatic carbocycles. The van der Waals surface area contributed by atoms with Gasteiger partial charge in [-0.1, -0.05) is 56.4 Å². The molecule has 1 aliphatic rings. The van der Waals surface area contributed by atoms with E-state index >= 15 is 0 Å². The Morgan fingerprint density at radius 2 is 1.08 bits per heavy atom. The van der Waals surface area contributed by atoms with Crippen molar-refractivity contribution in [3.05, 3.63) is 0 Å². The zero-order valence-electron chi connectivity index (χ0n) is 22.4. The maximum Gasteiger partial charge on any atom is 0.497 e. The number of aliphatic hydroxyl groups is 6. The van der Waals surface area contributed by atoms with Crippen LogP contribution in [0, 0.1) is 16.2 Å². The lowest BCUT2D eigenvalue weighted by Crippen LogP contribution is -2.42. The first-order valence-electron chi connectivity index (χ1n) is 11.6. The highest BCUT2D eigenvalue weighted by molar-refractivity contribution is 7.92. The van der Waals surface area contributed by atoms with Crippen LogP contribution in [0.4, 0.5) is 13.2 Å². The second kappa shape index (κ2) is 22.1. The Morgan fingerprint density at radius 1 is 0.763 bits per heavy atom. The topological polar surface area (TPSA) is 168 Å². The summed E-state index contributed by atoms with van der Waals surface area (Å²) in [5, 5.41) is 51.2. The fraction of sp³-hybridized carbons (Fsp3) is 1.00. The molecule has 6 N–H and O–H groups in total. The van der Waals surface area contributed by atoms with Crippen LogP contribution in [-0.4, -0.2) is 128 Å². The summed E-state index contributed by atoms with van der Waals surface area (Å²) in [5.41, 5.74) is -7.63. The average molecular weight is 592 g/mol. The number of rotatable bonds is 11. The maximum absolute atomic E-state index is 11.9. The van der Waals surface area contributed by atoms with E-state index in [-0.39, 0.29) is 46.7 Å². The molecule has 38 heavy (non-hydrogen) atoms. The quantitative estimate of drug-likeness (QED) is 0.207. The summed E-state index contributed by atoms with van der Waals surface area (Å²) >= 11 is 0. The van der Waals surface area contributed by atoms with Gasteiger partial charge in [0.05, 0.1) is 58.6 Å². The zero-order chi connectivity index (χ0) is 29.3. The second-order valence-electron chi connectivity index (χ2n) is 9.70. The van der Waals surface area contributed by atoms with Crippen LogP contribution < -0.4 is 0 Å². The lowest BCUT2D eigenvalue weighted by atomic mass is 9.90. The molecule has 0 spiro atoms. The van der Waals surface area contributed by atoms with Crippen molar-refractivity contribution in [1.82, 2.24) is 4.90 Å². The number of alkyl halides is 3. The monoisotopic (exact) mass is 591 g/mol. The van der Waals surface area contributed by atoms with Crippen molar-refractivity contribution in [3.8, 4) is 0 Å². The number of ether oxygens (including phenoxy) is 1. The molecule has 0 bridgehead atoms. The van der Waals surface area contributed by atoms with E-state index in [1.807, 2.05) is 6.92 Å². The van der Waals surface area contributed by atoms with Gasteiger partial charge in [-0.25, -0.2) is 8.42 Å². The van der Waals surface area contributed by atoms with Gasteiger partial charge in [0.25, 0.3) is 0 Å². The summed E-state index contributed by atoms with van der Waals surface area (Å²) < 4.78 is 61.8. The number of hydrogen-bond acceptors (Lipinski definition) is 10. The first-order valence-corrected chi connectivity index (χ1v) is 13.3. The maximum atomic E-state index is 11.9. The predicted molar refractivity (Wildman–Crippen MR) is 144 cm³/mol. The van der Waals surface area contributed by atoms with Gasteiger partial charge in [-0.15, -0.1) is 0 Å². The highest BCUT2D eigenvalue weighted by Crippen LogP contribution is 2.29. The van der Waals surface area contributed by atoms with E-state index < -0.39 is 45.1 Å². The predicted octanol–water partition coefficient (Wildman–Crippen LogP) is 1.52. The first-order chi connectivity index (χ1) is 16.4. The Kier molecular flexibility index (Phi) is 27.5. The van der Waals surface area contributed by atoms with Crippen LogP contribution in [0.2, 0.25) is 0 Å². The van der Waals surface area contributed by atoms with Crippen molar-refractivity contribution < 1.29 is 57.0 Å². The largest absolute Gasteiger partial charge is 0.497 e. The minimum absolute atomic E-state index is 0. The van der Waals surface area contributed by atoms with Crippen LogP contribution in [0.25, 0.3) is 0 Å². The molecule has 1 fully saturated rings. The molecule has 0 saturated carbocycles. The fourth-order valence-electron chi connectivity index (χ4n) is 2.04. The second-order valence-corrected chi connectivity index (χ2v) is 11.7. The molecule has 0 amide bonds. The Bertz CT molecular complexity index is 615. The molecule has 0 unspecified atom stereocenters. The molecule has 10 nitrogen and oxygen atoms in total. The van der Waals surface area contributed by atoms with E-state index in [0.29, 0.717) is 0 Å². The minimum atomic E-state index is -5.35. The molecule has 0 aromatic heterocycles. The van der Waals surface area contributed by atoms with Gasteiger partial charge >= 0.3 is 5.51 Å². The summed E-state index contributed by atoms with van der Waals surface area (Å²) in [7, 11) is -5.30. The Hall–Kier alpha value is -0.580. The van der Waals surface area contributed by atoms with Crippen LogP contribution in [0.3, 0.4) is 0 Å². The zero-order valence-corrected chi connectivity index (χ0v) is 23.2. The van der Waals surface area contributed by atoms with Crippen molar-refractivity contribution in [1.29, 1.82) is 0 Å². The third kappa shape index (κ3) is 19.5. The highest BCUT2D eigenvalue weighted by atomic mass is 32.2. The Balaban J connectivity index is -0.000000131. The van der Waals surface area contributed by atoms with Gasteiger partial charge in [0.2, 0.25) is 9.84 Å². The van der Waals surface area contributed by atoms with E-state index in [9.17, 15) is 21.6 Å². The summed E-state index contributed by atoms with van der Waals surface area (Å²) in [6, 6.07) is 0. The van der Waals surface area contributed by atoms with Crippen LogP contribution in [0.1, 0.15) is 56.4 Å². The van der Waals surface area contributed by atoms with Crippen LogP contribution in [0.5, 0.6) is 0 Å². The van der Waals surface area contributed by atoms with E-state index in [2.05, 4.69) is 25.7 Å². The molecule has 1 saturated heterocycles. The number of aliphatic hydroxyl groups excluding tert-OH is 6. The van der Waals surface area contributed by atoms with Gasteiger partial charge in [0.15, 0.2) is 0 Å². The van der Waals surface area contributed by atoms with Gasteiger partial charge in [-0.2, -0.15) is 13.2 Å². The molecule has 0 aromatic rings. The minimum Gasteiger partial charge on any atom is -0.396 e. The third-order valence-electron chi connectivity index (χ3n) is 5.42. The fourth-order valence-corrected chi connectivity index (χ4v) is 3.31. The normalized spacial score (nSPS) is 14.6. The molecule has 1 heterocycles. The third-order valence-corrected chi connectivity index (χ3v) is 7.21. The van der Waals surface area contributed by atoms with Gasteiger partial charge in [-0.05, 0) is 19.6 Å². The number of nitrogens with zero attached hydrogens (tertiary/aromatic N) is 1. The van der Waals surface area contributed by atoms with Crippen LogP contribution in [-0.2, 0) is 14.6 Å². The molecule has 0 atom stereocenters. The van der Waals surface area contributed by atoms with Crippen molar-refractivity contribution in [2.45, 2.75) is 61.9 Å². The number of hydrogen-bond donors (Lipinski definition) is 6. The Morgan fingerprint density at radius 3 is 1.16 bits per heavy atom. The molecular formula is C24H56F3NO9S. The Labute approximate surface area is 228 Å². The van der Waals surface area contributed by atoms with Gasteiger partial charge in [-0.3, -0.25) is 0 Å². The highest BCUT2D eigenvalue weighted by Gasteiger charge is 2.48. The number of halogens is 3. The first kappa shape index (κ1) is 47.2.